The third-order valence-electron chi connectivity index (χ3n) is 3.39. The molecule has 0 radical (unpaired) electrons. The molecule has 18 heavy (non-hydrogen) atoms. The third-order valence-corrected chi connectivity index (χ3v) is 3.39. The minimum absolute atomic E-state index is 0.171. The first-order valence-electron chi connectivity index (χ1n) is 6.26. The molecule has 0 saturated heterocycles. The van der Waals surface area contributed by atoms with Gasteiger partial charge >= 0.3 is 0 Å². The SMILES string of the molecule is CNC1CCCCC1Oc1ccc2nnnn2n1. The Morgan fingerprint density at radius 1 is 1.33 bits per heavy atom. The summed E-state index contributed by atoms with van der Waals surface area (Å²) in [5, 5.41) is 18.7. The lowest BCUT2D eigenvalue weighted by molar-refractivity contribution is 0.111. The second-order valence-electron chi connectivity index (χ2n) is 4.53. The molecule has 1 aliphatic carbocycles. The quantitative estimate of drug-likeness (QED) is 0.848. The molecule has 7 heteroatoms. The molecule has 0 aromatic carbocycles. The molecule has 96 valence electrons. The highest BCUT2D eigenvalue weighted by Crippen LogP contribution is 2.22. The van der Waals surface area contributed by atoms with Crippen molar-refractivity contribution in [3.8, 4) is 5.88 Å². The summed E-state index contributed by atoms with van der Waals surface area (Å²) in [7, 11) is 1.98. The fourth-order valence-corrected chi connectivity index (χ4v) is 2.42. The molecule has 1 N–H and O–H groups in total. The van der Waals surface area contributed by atoms with E-state index in [1.54, 1.807) is 6.07 Å². The molecule has 1 fully saturated rings. The van der Waals surface area contributed by atoms with Gasteiger partial charge in [-0.15, -0.1) is 14.8 Å². The molecule has 2 aromatic heterocycles. The number of aromatic nitrogens is 5. The Hall–Kier alpha value is -1.76. The fraction of sp³-hybridized carbons (Fsp3) is 0.636. The summed E-state index contributed by atoms with van der Waals surface area (Å²) in [5.74, 6) is 0.571. The van der Waals surface area contributed by atoms with Gasteiger partial charge in [-0.05, 0) is 42.8 Å². The first kappa shape index (κ1) is 11.3. The minimum atomic E-state index is 0.171. The van der Waals surface area contributed by atoms with Gasteiger partial charge in [0.1, 0.15) is 6.10 Å². The van der Waals surface area contributed by atoms with Crippen LogP contribution in [-0.2, 0) is 0 Å². The second-order valence-corrected chi connectivity index (χ2v) is 4.53. The third kappa shape index (κ3) is 2.13. The topological polar surface area (TPSA) is 77.2 Å². The first-order chi connectivity index (χ1) is 8.86. The Kier molecular flexibility index (Phi) is 3.06. The van der Waals surface area contributed by atoms with Crippen molar-refractivity contribution in [1.29, 1.82) is 0 Å². The highest BCUT2D eigenvalue weighted by Gasteiger charge is 2.25. The maximum atomic E-state index is 5.95. The van der Waals surface area contributed by atoms with Crippen LogP contribution in [0.4, 0.5) is 0 Å². The number of nitrogens with zero attached hydrogens (tertiary/aromatic N) is 5. The summed E-state index contributed by atoms with van der Waals surface area (Å²) in [6.07, 6.45) is 4.83. The average Bonchev–Trinajstić information content (AvgIpc) is 2.87. The lowest BCUT2D eigenvalue weighted by atomic mass is 9.92. The van der Waals surface area contributed by atoms with Gasteiger partial charge in [0, 0.05) is 12.1 Å². The molecule has 1 saturated carbocycles. The van der Waals surface area contributed by atoms with Gasteiger partial charge in [-0.2, -0.15) is 0 Å². The number of tetrazole rings is 1. The van der Waals surface area contributed by atoms with Crippen LogP contribution in [0.2, 0.25) is 0 Å². The Morgan fingerprint density at radius 3 is 3.11 bits per heavy atom. The van der Waals surface area contributed by atoms with Crippen LogP contribution >= 0.6 is 0 Å². The Balaban J connectivity index is 1.77. The van der Waals surface area contributed by atoms with Crippen molar-refractivity contribution in [2.75, 3.05) is 7.05 Å². The highest BCUT2D eigenvalue weighted by molar-refractivity contribution is 5.34. The summed E-state index contributed by atoms with van der Waals surface area (Å²) >= 11 is 0. The van der Waals surface area contributed by atoms with Crippen LogP contribution in [0.15, 0.2) is 12.1 Å². The molecule has 0 bridgehead atoms. The van der Waals surface area contributed by atoms with Crippen LogP contribution in [-0.4, -0.2) is 44.4 Å². The van der Waals surface area contributed by atoms with Gasteiger partial charge in [-0.25, -0.2) is 0 Å². The molecule has 2 aromatic rings. The van der Waals surface area contributed by atoms with E-state index in [9.17, 15) is 0 Å². The lowest BCUT2D eigenvalue weighted by Crippen LogP contribution is -2.43. The molecule has 0 aliphatic heterocycles. The van der Waals surface area contributed by atoms with Crippen LogP contribution in [0.3, 0.4) is 0 Å². The average molecular weight is 248 g/mol. The molecular formula is C11H16N6O. The van der Waals surface area contributed by atoms with E-state index in [0.717, 1.165) is 12.8 Å². The predicted octanol–water partition coefficient (Wildman–Crippen LogP) is 0.429. The molecule has 0 spiro atoms. The van der Waals surface area contributed by atoms with Crippen LogP contribution in [0.25, 0.3) is 5.65 Å². The Bertz CT molecular complexity index is 527. The van der Waals surface area contributed by atoms with Gasteiger partial charge in [0.15, 0.2) is 5.65 Å². The number of hydrogen-bond acceptors (Lipinski definition) is 6. The van der Waals surface area contributed by atoms with Gasteiger partial charge in [0.05, 0.1) is 0 Å². The van der Waals surface area contributed by atoms with Crippen molar-refractivity contribution in [2.45, 2.75) is 37.8 Å². The molecular weight excluding hydrogens is 232 g/mol. The summed E-state index contributed by atoms with van der Waals surface area (Å²) in [6.45, 7) is 0. The van der Waals surface area contributed by atoms with E-state index in [1.807, 2.05) is 13.1 Å². The number of hydrogen-bond donors (Lipinski definition) is 1. The van der Waals surface area contributed by atoms with Crippen molar-refractivity contribution in [3.05, 3.63) is 12.1 Å². The van der Waals surface area contributed by atoms with Crippen molar-refractivity contribution in [1.82, 2.24) is 30.6 Å². The van der Waals surface area contributed by atoms with Gasteiger partial charge in [-0.1, -0.05) is 6.42 Å². The lowest BCUT2D eigenvalue weighted by Gasteiger charge is -2.30. The zero-order valence-electron chi connectivity index (χ0n) is 10.3. The van der Waals surface area contributed by atoms with Crippen LogP contribution in [0, 0.1) is 0 Å². The van der Waals surface area contributed by atoms with Gasteiger partial charge in [0.2, 0.25) is 5.88 Å². The van der Waals surface area contributed by atoms with E-state index >= 15 is 0 Å². The normalized spacial score (nSPS) is 24.3. The summed E-state index contributed by atoms with van der Waals surface area (Å²) in [4.78, 5) is 0. The second kappa shape index (κ2) is 4.85. The largest absolute Gasteiger partial charge is 0.472 e. The van der Waals surface area contributed by atoms with Gasteiger partial charge in [-0.3, -0.25) is 0 Å². The number of rotatable bonds is 3. The van der Waals surface area contributed by atoms with E-state index in [-0.39, 0.29) is 6.10 Å². The van der Waals surface area contributed by atoms with E-state index in [2.05, 4.69) is 25.9 Å². The zero-order valence-corrected chi connectivity index (χ0v) is 10.3. The number of likely N-dealkylation sites (N-methyl/N-ethyl adjacent to an activating group) is 1. The summed E-state index contributed by atoms with van der Waals surface area (Å²) in [6, 6.07) is 4.01. The molecule has 3 rings (SSSR count). The Morgan fingerprint density at radius 2 is 2.22 bits per heavy atom. The number of ether oxygens (including phenoxy) is 1. The maximum absolute atomic E-state index is 5.95. The summed E-state index contributed by atoms with van der Waals surface area (Å²) in [5.41, 5.74) is 0.621. The van der Waals surface area contributed by atoms with Gasteiger partial charge in [0.25, 0.3) is 0 Å². The minimum Gasteiger partial charge on any atom is -0.472 e. The van der Waals surface area contributed by atoms with E-state index in [1.165, 1.54) is 17.5 Å². The number of nitrogens with one attached hydrogen (secondary N) is 1. The standard InChI is InChI=1S/C11H16N6O/c1-12-8-4-2-3-5-9(8)18-11-7-6-10-13-15-16-17(10)14-11/h6-9,12H,2-5H2,1H3. The van der Waals surface area contributed by atoms with Crippen molar-refractivity contribution in [2.24, 2.45) is 0 Å². The molecule has 2 atom stereocenters. The molecule has 1 aliphatic rings. The van der Waals surface area contributed by atoms with Crippen molar-refractivity contribution in [3.63, 3.8) is 0 Å². The monoisotopic (exact) mass is 248 g/mol. The molecule has 7 nitrogen and oxygen atoms in total. The van der Waals surface area contributed by atoms with Crippen LogP contribution in [0.5, 0.6) is 5.88 Å². The highest BCUT2D eigenvalue weighted by atomic mass is 16.5. The first-order valence-corrected chi connectivity index (χ1v) is 6.26. The number of fused-ring (bicyclic) bond motifs is 1. The molecule has 0 amide bonds. The van der Waals surface area contributed by atoms with E-state index in [4.69, 9.17) is 4.74 Å². The van der Waals surface area contributed by atoms with E-state index in [0.29, 0.717) is 17.6 Å². The predicted molar refractivity (Wildman–Crippen MR) is 64.3 cm³/mol. The van der Waals surface area contributed by atoms with E-state index < -0.39 is 0 Å². The fourth-order valence-electron chi connectivity index (χ4n) is 2.42. The molecule has 2 unspecified atom stereocenters. The van der Waals surface area contributed by atoms with Crippen molar-refractivity contribution < 1.29 is 4.74 Å². The maximum Gasteiger partial charge on any atom is 0.233 e. The van der Waals surface area contributed by atoms with Gasteiger partial charge < -0.3 is 10.1 Å². The van der Waals surface area contributed by atoms with Crippen LogP contribution < -0.4 is 10.1 Å². The van der Waals surface area contributed by atoms with Crippen molar-refractivity contribution >= 4 is 5.65 Å². The summed E-state index contributed by atoms with van der Waals surface area (Å²) < 4.78 is 7.33. The Labute approximate surface area is 105 Å². The molecule has 2 heterocycles. The van der Waals surface area contributed by atoms with Crippen LogP contribution in [0.1, 0.15) is 25.7 Å². The zero-order chi connectivity index (χ0) is 12.4. The smallest absolute Gasteiger partial charge is 0.233 e.